The molecule has 0 unspecified atom stereocenters. The van der Waals surface area contributed by atoms with Crippen molar-refractivity contribution in [3.05, 3.63) is 60.0 Å². The van der Waals surface area contributed by atoms with Gasteiger partial charge in [0.05, 0.1) is 18.2 Å². The van der Waals surface area contributed by atoms with Gasteiger partial charge in [0.15, 0.2) is 0 Å². The van der Waals surface area contributed by atoms with Gasteiger partial charge in [-0.15, -0.1) is 6.42 Å². The molecule has 5 heteroatoms. The topological polar surface area (TPSA) is 67.2 Å². The molecular weight excluding hydrogens is 302 g/mol. The number of amides is 1. The van der Waals surface area contributed by atoms with E-state index in [1.165, 1.54) is 6.20 Å². The lowest BCUT2D eigenvalue weighted by atomic mass is 10.2. The lowest BCUT2D eigenvalue weighted by Crippen LogP contribution is -2.23. The summed E-state index contributed by atoms with van der Waals surface area (Å²) in [5.41, 5.74) is 1.32. The molecule has 3 aromatic rings. The minimum Gasteiger partial charge on any atom is -0.459 e. The number of furan rings is 1. The van der Waals surface area contributed by atoms with Gasteiger partial charge in [0.25, 0.3) is 5.91 Å². The molecule has 0 aliphatic heterocycles. The predicted molar refractivity (Wildman–Crippen MR) is 93.7 cm³/mol. The van der Waals surface area contributed by atoms with Crippen molar-refractivity contribution in [3.8, 4) is 12.3 Å². The maximum Gasteiger partial charge on any atom is 0.253 e. The number of hydrogen-bond acceptors (Lipinski definition) is 4. The Labute approximate surface area is 140 Å². The van der Waals surface area contributed by atoms with Crippen molar-refractivity contribution in [2.24, 2.45) is 0 Å². The second-order valence-electron chi connectivity index (χ2n) is 5.37. The number of nitrogens with one attached hydrogen (secondary N) is 2. The van der Waals surface area contributed by atoms with Crippen LogP contribution in [0.4, 0.5) is 5.82 Å². The smallest absolute Gasteiger partial charge is 0.253 e. The molecule has 0 saturated heterocycles. The maximum atomic E-state index is 11.8. The number of carbonyl (C=O) groups is 1. The number of aromatic nitrogens is 1. The highest BCUT2D eigenvalue weighted by molar-refractivity contribution is 5.94. The molecule has 120 valence electrons. The quantitative estimate of drug-likeness (QED) is 0.708. The minimum absolute atomic E-state index is 0.0500. The van der Waals surface area contributed by atoms with Gasteiger partial charge in [-0.05, 0) is 31.2 Å². The Morgan fingerprint density at radius 2 is 2.17 bits per heavy atom. The molecule has 0 spiro atoms. The molecule has 5 nitrogen and oxygen atoms in total. The Morgan fingerprint density at radius 1 is 1.33 bits per heavy atom. The van der Waals surface area contributed by atoms with Crippen molar-refractivity contribution >= 4 is 22.7 Å². The van der Waals surface area contributed by atoms with Crippen molar-refractivity contribution in [1.29, 1.82) is 0 Å². The predicted octanol–water partition coefficient (Wildman–Crippen LogP) is 3.36. The summed E-state index contributed by atoms with van der Waals surface area (Å²) in [4.78, 5) is 16.0. The first-order chi connectivity index (χ1) is 11.7. The average Bonchev–Trinajstić information content (AvgIpc) is 3.04. The van der Waals surface area contributed by atoms with E-state index in [-0.39, 0.29) is 18.5 Å². The van der Waals surface area contributed by atoms with E-state index in [0.29, 0.717) is 11.4 Å². The van der Waals surface area contributed by atoms with Crippen molar-refractivity contribution in [2.75, 3.05) is 11.9 Å². The van der Waals surface area contributed by atoms with Crippen molar-refractivity contribution in [3.63, 3.8) is 0 Å². The van der Waals surface area contributed by atoms with E-state index in [1.807, 2.05) is 37.3 Å². The Hall–Kier alpha value is -3.26. The third-order valence-electron chi connectivity index (χ3n) is 3.61. The number of rotatable bonds is 5. The summed E-state index contributed by atoms with van der Waals surface area (Å²) >= 11 is 0. The van der Waals surface area contributed by atoms with Crippen LogP contribution in [0.5, 0.6) is 0 Å². The zero-order chi connectivity index (χ0) is 16.9. The second kappa shape index (κ2) is 6.88. The van der Waals surface area contributed by atoms with Crippen LogP contribution in [0.3, 0.4) is 0 Å². The lowest BCUT2D eigenvalue weighted by molar-refractivity contribution is 0.0958. The number of carbonyl (C=O) groups excluding carboxylic acids is 1. The maximum absolute atomic E-state index is 11.8. The molecule has 1 aromatic carbocycles. The lowest BCUT2D eigenvalue weighted by Gasteiger charge is -2.12. The summed E-state index contributed by atoms with van der Waals surface area (Å²) in [6, 6.07) is 13.3. The molecule has 24 heavy (non-hydrogen) atoms. The zero-order valence-electron chi connectivity index (χ0n) is 13.2. The summed E-state index contributed by atoms with van der Waals surface area (Å²) in [7, 11) is 0. The standard InChI is InChI=1S/C19H17N3O2/c1-3-10-20-19(23)15-8-9-18(21-12-15)22-13(2)17-11-14-6-4-5-7-16(14)24-17/h1,4-9,11-13H,10H2,2H3,(H,20,23)(H,21,22)/t13-/m1/s1. The van der Waals surface area contributed by atoms with Crippen LogP contribution in [-0.2, 0) is 0 Å². The van der Waals surface area contributed by atoms with Crippen molar-refractivity contribution in [2.45, 2.75) is 13.0 Å². The van der Waals surface area contributed by atoms with Crippen LogP contribution in [-0.4, -0.2) is 17.4 Å². The molecule has 2 N–H and O–H groups in total. The number of para-hydroxylation sites is 1. The molecule has 0 radical (unpaired) electrons. The molecule has 0 fully saturated rings. The van der Waals surface area contributed by atoms with E-state index in [0.717, 1.165) is 16.7 Å². The first-order valence-corrected chi connectivity index (χ1v) is 7.60. The highest BCUT2D eigenvalue weighted by atomic mass is 16.3. The van der Waals surface area contributed by atoms with E-state index in [9.17, 15) is 4.79 Å². The molecule has 0 bridgehead atoms. The van der Waals surface area contributed by atoms with E-state index in [2.05, 4.69) is 21.5 Å². The molecule has 0 saturated carbocycles. The van der Waals surface area contributed by atoms with Gasteiger partial charge < -0.3 is 15.1 Å². The summed E-state index contributed by atoms with van der Waals surface area (Å²) in [6.07, 6.45) is 6.63. The van der Waals surface area contributed by atoms with Crippen LogP contribution in [0, 0.1) is 12.3 Å². The number of benzene rings is 1. The normalized spacial score (nSPS) is 11.7. The summed E-state index contributed by atoms with van der Waals surface area (Å²) in [5.74, 6) is 3.61. The van der Waals surface area contributed by atoms with Crippen LogP contribution in [0.15, 0.2) is 53.1 Å². The fraction of sp³-hybridized carbons (Fsp3) is 0.158. The zero-order valence-corrected chi connectivity index (χ0v) is 13.2. The Bertz CT molecular complexity index is 858. The van der Waals surface area contributed by atoms with Gasteiger partial charge >= 0.3 is 0 Å². The Balaban J connectivity index is 1.69. The number of anilines is 1. The number of nitrogens with zero attached hydrogens (tertiary/aromatic N) is 1. The van der Waals surface area contributed by atoms with Crippen LogP contribution < -0.4 is 10.6 Å². The summed E-state index contributed by atoms with van der Waals surface area (Å²) in [5, 5.41) is 6.92. The molecule has 3 rings (SSSR count). The number of hydrogen-bond donors (Lipinski definition) is 2. The Morgan fingerprint density at radius 3 is 2.88 bits per heavy atom. The van der Waals surface area contributed by atoms with Crippen LogP contribution in [0.1, 0.15) is 29.1 Å². The van der Waals surface area contributed by atoms with Crippen molar-refractivity contribution in [1.82, 2.24) is 10.3 Å². The van der Waals surface area contributed by atoms with E-state index < -0.39 is 0 Å². The molecule has 2 aromatic heterocycles. The minimum atomic E-state index is -0.239. The van der Waals surface area contributed by atoms with Gasteiger partial charge in [0.1, 0.15) is 17.2 Å². The number of fused-ring (bicyclic) bond motifs is 1. The largest absolute Gasteiger partial charge is 0.459 e. The third-order valence-corrected chi connectivity index (χ3v) is 3.61. The van der Waals surface area contributed by atoms with Gasteiger partial charge in [0, 0.05) is 11.6 Å². The third kappa shape index (κ3) is 3.39. The number of terminal acetylenes is 1. The van der Waals surface area contributed by atoms with E-state index in [1.54, 1.807) is 12.1 Å². The Kier molecular flexibility index (Phi) is 4.48. The number of pyridine rings is 1. The first-order valence-electron chi connectivity index (χ1n) is 7.60. The van der Waals surface area contributed by atoms with Gasteiger partial charge in [-0.25, -0.2) is 4.98 Å². The van der Waals surface area contributed by atoms with Crippen LogP contribution >= 0.6 is 0 Å². The van der Waals surface area contributed by atoms with Gasteiger partial charge in [-0.3, -0.25) is 4.79 Å². The second-order valence-corrected chi connectivity index (χ2v) is 5.37. The van der Waals surface area contributed by atoms with Crippen LogP contribution in [0.2, 0.25) is 0 Å². The fourth-order valence-electron chi connectivity index (χ4n) is 2.36. The molecular formula is C19H17N3O2. The first kappa shape index (κ1) is 15.6. The molecule has 0 aliphatic carbocycles. The summed E-state index contributed by atoms with van der Waals surface area (Å²) in [6.45, 7) is 2.19. The van der Waals surface area contributed by atoms with E-state index >= 15 is 0 Å². The van der Waals surface area contributed by atoms with E-state index in [4.69, 9.17) is 10.8 Å². The summed E-state index contributed by atoms with van der Waals surface area (Å²) < 4.78 is 5.84. The van der Waals surface area contributed by atoms with Gasteiger partial charge in [-0.2, -0.15) is 0 Å². The molecule has 1 amide bonds. The monoisotopic (exact) mass is 319 g/mol. The molecule has 0 aliphatic rings. The fourth-order valence-corrected chi connectivity index (χ4v) is 2.36. The average molecular weight is 319 g/mol. The highest BCUT2D eigenvalue weighted by Crippen LogP contribution is 2.25. The molecule has 2 heterocycles. The SMILES string of the molecule is C#CCNC(=O)c1ccc(N[C@H](C)c2cc3ccccc3o2)nc1. The molecule has 1 atom stereocenters. The van der Waals surface area contributed by atoms with Crippen LogP contribution in [0.25, 0.3) is 11.0 Å². The van der Waals surface area contributed by atoms with Gasteiger partial charge in [0.2, 0.25) is 0 Å². The van der Waals surface area contributed by atoms with Crippen molar-refractivity contribution < 1.29 is 9.21 Å². The highest BCUT2D eigenvalue weighted by Gasteiger charge is 2.12. The van der Waals surface area contributed by atoms with Gasteiger partial charge in [-0.1, -0.05) is 24.1 Å².